The van der Waals surface area contributed by atoms with Crippen molar-refractivity contribution in [3.8, 4) is 0 Å². The number of nitrogens with zero attached hydrogens (tertiary/aromatic N) is 1. The van der Waals surface area contributed by atoms with Crippen molar-refractivity contribution in [3.63, 3.8) is 0 Å². The lowest BCUT2D eigenvalue weighted by molar-refractivity contribution is -0.131. The fraction of sp³-hybridized carbons (Fsp3) is 0.364. The van der Waals surface area contributed by atoms with Gasteiger partial charge in [0, 0.05) is 12.6 Å². The molecule has 1 aromatic rings. The molecule has 0 aliphatic carbocycles. The zero-order valence-corrected chi connectivity index (χ0v) is 8.93. The molecular formula is C11H15NO3. The molecule has 1 N–H and O–H groups in total. The number of hydrogen-bond acceptors (Lipinski definition) is 3. The van der Waals surface area contributed by atoms with E-state index in [9.17, 15) is 4.79 Å². The monoisotopic (exact) mass is 209 g/mol. The van der Waals surface area contributed by atoms with Crippen LogP contribution in [0.3, 0.4) is 0 Å². The van der Waals surface area contributed by atoms with Crippen molar-refractivity contribution in [2.24, 2.45) is 0 Å². The summed E-state index contributed by atoms with van der Waals surface area (Å²) in [6, 6.07) is 3.84. The molecular weight excluding hydrogens is 194 g/mol. The Morgan fingerprint density at radius 2 is 2.33 bits per heavy atom. The molecule has 1 aromatic heterocycles. The topological polar surface area (TPSA) is 53.7 Å². The van der Waals surface area contributed by atoms with Gasteiger partial charge in [-0.2, -0.15) is 0 Å². The Labute approximate surface area is 88.8 Å². The third-order valence-corrected chi connectivity index (χ3v) is 1.90. The standard InChI is InChI=1S/C11H15NO3/c1-9-5-6-10(15-9)8-12(2)7-3-4-11(13)14/h3-6H,7-8H2,1-2H3,(H,13,14). The van der Waals surface area contributed by atoms with E-state index in [1.165, 1.54) is 0 Å². The first-order chi connectivity index (χ1) is 7.08. The van der Waals surface area contributed by atoms with Crippen LogP contribution in [0.5, 0.6) is 0 Å². The van der Waals surface area contributed by atoms with Gasteiger partial charge in [0.1, 0.15) is 11.5 Å². The molecule has 82 valence electrons. The molecule has 4 nitrogen and oxygen atoms in total. The molecule has 0 unspecified atom stereocenters. The maximum absolute atomic E-state index is 10.2. The summed E-state index contributed by atoms with van der Waals surface area (Å²) in [5.41, 5.74) is 0. The largest absolute Gasteiger partial charge is 0.478 e. The maximum atomic E-state index is 10.2. The molecule has 0 radical (unpaired) electrons. The van der Waals surface area contributed by atoms with Crippen molar-refractivity contribution < 1.29 is 14.3 Å². The smallest absolute Gasteiger partial charge is 0.328 e. The predicted molar refractivity (Wildman–Crippen MR) is 56.6 cm³/mol. The number of aliphatic carboxylic acids is 1. The van der Waals surface area contributed by atoms with Gasteiger partial charge in [0.25, 0.3) is 0 Å². The van der Waals surface area contributed by atoms with Crippen LogP contribution in [0.25, 0.3) is 0 Å². The molecule has 0 fully saturated rings. The Bertz CT molecular complexity index is 354. The van der Waals surface area contributed by atoms with Crippen molar-refractivity contribution in [2.75, 3.05) is 13.6 Å². The van der Waals surface area contributed by atoms with E-state index in [-0.39, 0.29) is 0 Å². The van der Waals surface area contributed by atoms with Gasteiger partial charge in [-0.15, -0.1) is 0 Å². The van der Waals surface area contributed by atoms with Crippen molar-refractivity contribution in [1.29, 1.82) is 0 Å². The average molecular weight is 209 g/mol. The zero-order chi connectivity index (χ0) is 11.3. The summed E-state index contributed by atoms with van der Waals surface area (Å²) < 4.78 is 5.40. The Hall–Kier alpha value is -1.55. The minimum absolute atomic E-state index is 0.589. The van der Waals surface area contributed by atoms with E-state index >= 15 is 0 Å². The van der Waals surface area contributed by atoms with Gasteiger partial charge in [-0.25, -0.2) is 4.79 Å². The van der Waals surface area contributed by atoms with Crippen LogP contribution in [0.15, 0.2) is 28.7 Å². The van der Waals surface area contributed by atoms with Crippen LogP contribution in [-0.2, 0) is 11.3 Å². The highest BCUT2D eigenvalue weighted by molar-refractivity contribution is 5.79. The number of hydrogen-bond donors (Lipinski definition) is 1. The Kier molecular flexibility index (Phi) is 4.12. The lowest BCUT2D eigenvalue weighted by atomic mass is 10.4. The van der Waals surface area contributed by atoms with Crippen LogP contribution in [0.2, 0.25) is 0 Å². The zero-order valence-electron chi connectivity index (χ0n) is 8.93. The molecule has 0 spiro atoms. The fourth-order valence-corrected chi connectivity index (χ4v) is 1.23. The molecule has 0 aromatic carbocycles. The molecule has 1 rings (SSSR count). The third-order valence-electron chi connectivity index (χ3n) is 1.90. The van der Waals surface area contributed by atoms with E-state index in [1.807, 2.05) is 31.0 Å². The number of likely N-dealkylation sites (N-methyl/N-ethyl adjacent to an activating group) is 1. The lowest BCUT2D eigenvalue weighted by Crippen LogP contribution is -2.17. The number of carbonyl (C=O) groups is 1. The van der Waals surface area contributed by atoms with Gasteiger partial charge in [-0.05, 0) is 26.1 Å². The maximum Gasteiger partial charge on any atom is 0.328 e. The molecule has 0 aliphatic heterocycles. The first kappa shape index (κ1) is 11.5. The van der Waals surface area contributed by atoms with Crippen molar-refractivity contribution in [1.82, 2.24) is 4.90 Å². The minimum Gasteiger partial charge on any atom is -0.478 e. The van der Waals surface area contributed by atoms with Crippen molar-refractivity contribution >= 4 is 5.97 Å². The van der Waals surface area contributed by atoms with Gasteiger partial charge in [-0.3, -0.25) is 4.90 Å². The second kappa shape index (κ2) is 5.36. The molecule has 0 bridgehead atoms. The second-order valence-electron chi connectivity index (χ2n) is 3.45. The van der Waals surface area contributed by atoms with Crippen LogP contribution >= 0.6 is 0 Å². The van der Waals surface area contributed by atoms with E-state index in [4.69, 9.17) is 9.52 Å². The summed E-state index contributed by atoms with van der Waals surface area (Å²) in [6.07, 6.45) is 2.75. The molecule has 0 saturated carbocycles. The summed E-state index contributed by atoms with van der Waals surface area (Å²) in [5, 5.41) is 8.40. The molecule has 15 heavy (non-hydrogen) atoms. The minimum atomic E-state index is -0.919. The Morgan fingerprint density at radius 3 is 2.87 bits per heavy atom. The highest BCUT2D eigenvalue weighted by atomic mass is 16.4. The van der Waals surface area contributed by atoms with E-state index in [1.54, 1.807) is 6.08 Å². The van der Waals surface area contributed by atoms with E-state index < -0.39 is 5.97 Å². The summed E-state index contributed by atoms with van der Waals surface area (Å²) in [7, 11) is 1.91. The number of carboxylic acids is 1. The number of furan rings is 1. The SMILES string of the molecule is Cc1ccc(CN(C)CC=CC(=O)O)o1. The van der Waals surface area contributed by atoms with E-state index in [0.29, 0.717) is 13.1 Å². The molecule has 0 aliphatic rings. The van der Waals surface area contributed by atoms with Crippen LogP contribution < -0.4 is 0 Å². The van der Waals surface area contributed by atoms with E-state index in [0.717, 1.165) is 17.6 Å². The first-order valence-corrected chi connectivity index (χ1v) is 4.71. The summed E-state index contributed by atoms with van der Waals surface area (Å²) in [5.74, 6) is 0.857. The van der Waals surface area contributed by atoms with Gasteiger partial charge in [0.2, 0.25) is 0 Å². The normalized spacial score (nSPS) is 11.4. The lowest BCUT2D eigenvalue weighted by Gasteiger charge is -2.11. The molecule has 4 heteroatoms. The van der Waals surface area contributed by atoms with Gasteiger partial charge >= 0.3 is 5.97 Å². The predicted octanol–water partition coefficient (Wildman–Crippen LogP) is 1.66. The van der Waals surface area contributed by atoms with Crippen molar-refractivity contribution in [3.05, 3.63) is 35.8 Å². The van der Waals surface area contributed by atoms with Crippen LogP contribution in [0, 0.1) is 6.92 Å². The molecule has 0 atom stereocenters. The highest BCUT2D eigenvalue weighted by Crippen LogP contribution is 2.08. The van der Waals surface area contributed by atoms with Gasteiger partial charge in [-0.1, -0.05) is 6.08 Å². The first-order valence-electron chi connectivity index (χ1n) is 4.71. The quantitative estimate of drug-likeness (QED) is 0.749. The summed E-state index contributed by atoms with van der Waals surface area (Å²) >= 11 is 0. The highest BCUT2D eigenvalue weighted by Gasteiger charge is 2.02. The van der Waals surface area contributed by atoms with Crippen molar-refractivity contribution in [2.45, 2.75) is 13.5 Å². The molecule has 1 heterocycles. The van der Waals surface area contributed by atoms with E-state index in [2.05, 4.69) is 0 Å². The van der Waals surface area contributed by atoms with Gasteiger partial charge in [0.05, 0.1) is 6.54 Å². The van der Waals surface area contributed by atoms with Gasteiger partial charge in [0.15, 0.2) is 0 Å². The number of carboxylic acid groups (broad SMARTS) is 1. The molecule has 0 amide bonds. The number of aryl methyl sites for hydroxylation is 1. The molecule has 0 saturated heterocycles. The Balaban J connectivity index is 2.36. The Morgan fingerprint density at radius 1 is 1.60 bits per heavy atom. The van der Waals surface area contributed by atoms with Gasteiger partial charge < -0.3 is 9.52 Å². The summed E-state index contributed by atoms with van der Waals surface area (Å²) in [6.45, 7) is 3.16. The fourth-order valence-electron chi connectivity index (χ4n) is 1.23. The summed E-state index contributed by atoms with van der Waals surface area (Å²) in [4.78, 5) is 12.2. The average Bonchev–Trinajstić information content (AvgIpc) is 2.50. The second-order valence-corrected chi connectivity index (χ2v) is 3.45. The third kappa shape index (κ3) is 4.46. The van der Waals surface area contributed by atoms with Crippen LogP contribution in [0.4, 0.5) is 0 Å². The van der Waals surface area contributed by atoms with Crippen LogP contribution in [0.1, 0.15) is 11.5 Å². The van der Waals surface area contributed by atoms with Crippen LogP contribution in [-0.4, -0.2) is 29.6 Å². The number of rotatable bonds is 5.